The van der Waals surface area contributed by atoms with Gasteiger partial charge in [0.2, 0.25) is 15.9 Å². The topological polar surface area (TPSA) is 143 Å². The standard InChI is InChI=1S/C43H56ClN3O8S/c1-4-6-8-11-37(48)34-16-13-32(34)26-47-27-43(21-9-10-30-24-33(44)15-17-35(30)43)28-55-38-18-14-31(25-36(38)47)40(49)45-56(52,53)39(12-7-5-2)41(50)46-22-19-29(20-23-46)42(51)54-3/h5,8,11,14-15,17-18,24-25,29,32,34,37,39,48H,2,4,6-7,9-10,12-13,16,19-23,26-28H2,1,3H3,(H,45,49)/b11-8+/t32-,34+,37-,39+,43-/m0/s1. The Bertz CT molecular complexity index is 1910. The van der Waals surface area contributed by atoms with Gasteiger partial charge < -0.3 is 24.4 Å². The number of unbranched alkanes of at least 4 members (excludes halogenated alkanes) is 1. The van der Waals surface area contributed by atoms with Crippen molar-refractivity contribution in [3.05, 3.63) is 82.9 Å². The van der Waals surface area contributed by atoms with E-state index in [1.54, 1.807) is 24.3 Å². The van der Waals surface area contributed by atoms with Crippen LogP contribution in [0.1, 0.15) is 92.6 Å². The van der Waals surface area contributed by atoms with Crippen molar-refractivity contribution in [2.24, 2.45) is 17.8 Å². The van der Waals surface area contributed by atoms with Crippen LogP contribution in [0.3, 0.4) is 0 Å². The maximum Gasteiger partial charge on any atom is 0.308 e. The largest absolute Gasteiger partial charge is 0.490 e. The number of ether oxygens (including phenoxy) is 2. The van der Waals surface area contributed by atoms with Crippen molar-refractivity contribution in [1.82, 2.24) is 9.62 Å². The van der Waals surface area contributed by atoms with Crippen LogP contribution in [-0.4, -0.2) is 87.5 Å². The number of sulfonamides is 1. The number of aliphatic hydroxyl groups excluding tert-OH is 1. The van der Waals surface area contributed by atoms with Gasteiger partial charge in [0.25, 0.3) is 5.91 Å². The van der Waals surface area contributed by atoms with E-state index in [-0.39, 0.29) is 60.6 Å². The van der Waals surface area contributed by atoms with E-state index >= 15 is 0 Å². The van der Waals surface area contributed by atoms with E-state index in [0.29, 0.717) is 49.0 Å². The highest BCUT2D eigenvalue weighted by Crippen LogP contribution is 2.46. The van der Waals surface area contributed by atoms with Crippen molar-refractivity contribution in [3.63, 3.8) is 0 Å². The molecule has 304 valence electrons. The Morgan fingerprint density at radius 1 is 1.12 bits per heavy atom. The fourth-order valence-electron chi connectivity index (χ4n) is 9.00. The van der Waals surface area contributed by atoms with Crippen LogP contribution in [0.4, 0.5) is 5.69 Å². The average Bonchev–Trinajstić information content (AvgIpc) is 3.32. The normalized spacial score (nSPS) is 23.6. The van der Waals surface area contributed by atoms with Gasteiger partial charge in [0.1, 0.15) is 5.75 Å². The minimum absolute atomic E-state index is 0.0511. The fraction of sp³-hybridized carbons (Fsp3) is 0.558. The number of benzene rings is 2. The second-order valence-corrected chi connectivity index (χ2v) is 18.2. The van der Waals surface area contributed by atoms with E-state index in [9.17, 15) is 27.9 Å². The van der Waals surface area contributed by atoms with Crippen LogP contribution in [-0.2, 0) is 36.2 Å². The molecule has 2 amide bonds. The molecule has 13 heteroatoms. The summed E-state index contributed by atoms with van der Waals surface area (Å²) in [6.45, 7) is 7.88. The second kappa shape index (κ2) is 18.2. The maximum absolute atomic E-state index is 13.9. The molecule has 1 saturated carbocycles. The number of hydrogen-bond acceptors (Lipinski definition) is 9. The molecule has 2 fully saturated rings. The lowest BCUT2D eigenvalue weighted by atomic mass is 9.68. The molecule has 56 heavy (non-hydrogen) atoms. The maximum atomic E-state index is 13.9. The second-order valence-electron chi connectivity index (χ2n) is 15.9. The minimum atomic E-state index is -4.49. The summed E-state index contributed by atoms with van der Waals surface area (Å²) in [7, 11) is -3.17. The van der Waals surface area contributed by atoms with Gasteiger partial charge in [-0.3, -0.25) is 14.4 Å². The summed E-state index contributed by atoms with van der Waals surface area (Å²) in [6.07, 6.45) is 12.5. The monoisotopic (exact) mass is 809 g/mol. The highest BCUT2D eigenvalue weighted by molar-refractivity contribution is 7.91. The molecule has 1 spiro atoms. The van der Waals surface area contributed by atoms with Gasteiger partial charge in [0.15, 0.2) is 5.25 Å². The number of esters is 1. The Kier molecular flexibility index (Phi) is 13.5. The first-order valence-electron chi connectivity index (χ1n) is 20.1. The number of nitrogens with one attached hydrogen (secondary N) is 1. The number of anilines is 1. The Morgan fingerprint density at radius 3 is 2.61 bits per heavy atom. The molecular weight excluding hydrogens is 754 g/mol. The van der Waals surface area contributed by atoms with E-state index in [4.69, 9.17) is 21.1 Å². The zero-order valence-corrected chi connectivity index (χ0v) is 34.2. The van der Waals surface area contributed by atoms with Crippen molar-refractivity contribution in [3.8, 4) is 5.75 Å². The number of hydrogen-bond donors (Lipinski definition) is 2. The Labute approximate surface area is 336 Å². The number of aliphatic hydroxyl groups is 1. The van der Waals surface area contributed by atoms with Gasteiger partial charge in [-0.05, 0) is 118 Å². The molecule has 2 aliphatic carbocycles. The van der Waals surface area contributed by atoms with Gasteiger partial charge in [0, 0.05) is 42.2 Å². The molecule has 4 aliphatic rings. The molecule has 0 unspecified atom stereocenters. The van der Waals surface area contributed by atoms with Crippen LogP contribution < -0.4 is 14.4 Å². The minimum Gasteiger partial charge on any atom is -0.490 e. The van der Waals surface area contributed by atoms with Gasteiger partial charge in [-0.25, -0.2) is 13.1 Å². The lowest BCUT2D eigenvalue weighted by molar-refractivity contribution is -0.148. The van der Waals surface area contributed by atoms with Crippen molar-refractivity contribution in [2.45, 2.75) is 94.3 Å². The van der Waals surface area contributed by atoms with Crippen LogP contribution in [0.5, 0.6) is 5.75 Å². The number of likely N-dealkylation sites (tertiary alicyclic amines) is 1. The van der Waals surface area contributed by atoms with E-state index in [1.165, 1.54) is 23.1 Å². The summed E-state index contributed by atoms with van der Waals surface area (Å²) >= 11 is 6.45. The van der Waals surface area contributed by atoms with E-state index in [1.807, 2.05) is 18.2 Å². The number of piperidine rings is 1. The molecule has 1 saturated heterocycles. The van der Waals surface area contributed by atoms with Gasteiger partial charge in [-0.15, -0.1) is 6.58 Å². The number of allylic oxidation sites excluding steroid dienone is 2. The van der Waals surface area contributed by atoms with Crippen LogP contribution in [0.25, 0.3) is 0 Å². The summed E-state index contributed by atoms with van der Waals surface area (Å²) in [4.78, 5) is 43.4. The summed E-state index contributed by atoms with van der Waals surface area (Å²) < 4.78 is 41.5. The van der Waals surface area contributed by atoms with Crippen molar-refractivity contribution in [1.29, 1.82) is 0 Å². The molecular formula is C43H56ClN3O8S. The summed E-state index contributed by atoms with van der Waals surface area (Å²) in [5.41, 5.74) is 2.85. The van der Waals surface area contributed by atoms with E-state index < -0.39 is 33.2 Å². The van der Waals surface area contributed by atoms with Crippen molar-refractivity contribution < 1.29 is 37.4 Å². The molecule has 6 rings (SSSR count). The zero-order chi connectivity index (χ0) is 40.0. The first kappa shape index (κ1) is 41.8. The highest BCUT2D eigenvalue weighted by Gasteiger charge is 2.45. The average molecular weight is 810 g/mol. The number of nitrogens with zero attached hydrogens (tertiary/aromatic N) is 2. The molecule has 0 radical (unpaired) electrons. The third-order valence-corrected chi connectivity index (χ3v) is 14.2. The number of halogens is 1. The zero-order valence-electron chi connectivity index (χ0n) is 32.6. The molecule has 2 aromatic carbocycles. The Hall–Kier alpha value is -3.87. The predicted molar refractivity (Wildman–Crippen MR) is 217 cm³/mol. The smallest absolute Gasteiger partial charge is 0.308 e. The number of carbonyl (C=O) groups is 3. The van der Waals surface area contributed by atoms with Crippen LogP contribution in [0, 0.1) is 17.8 Å². The van der Waals surface area contributed by atoms with Gasteiger partial charge >= 0.3 is 5.97 Å². The lowest BCUT2D eigenvalue weighted by Gasteiger charge is -2.45. The van der Waals surface area contributed by atoms with E-state index in [2.05, 4.69) is 35.3 Å². The van der Waals surface area contributed by atoms with Gasteiger partial charge in [-0.2, -0.15) is 0 Å². The highest BCUT2D eigenvalue weighted by atomic mass is 35.5. The fourth-order valence-corrected chi connectivity index (χ4v) is 10.6. The number of aryl methyl sites for hydroxylation is 1. The quantitative estimate of drug-likeness (QED) is 0.165. The third kappa shape index (κ3) is 9.13. The Morgan fingerprint density at radius 2 is 1.91 bits per heavy atom. The van der Waals surface area contributed by atoms with Gasteiger partial charge in [0.05, 0.1) is 31.4 Å². The van der Waals surface area contributed by atoms with Crippen LogP contribution >= 0.6 is 11.6 Å². The van der Waals surface area contributed by atoms with Crippen molar-refractivity contribution in [2.75, 3.05) is 44.8 Å². The lowest BCUT2D eigenvalue weighted by Crippen LogP contribution is -2.51. The molecule has 2 N–H and O–H groups in total. The summed E-state index contributed by atoms with van der Waals surface area (Å²) in [5.74, 6) is -1.28. The Balaban J connectivity index is 1.27. The molecule has 2 heterocycles. The SMILES string of the molecule is C=CCC[C@H](C(=O)N1CCC(C(=O)OC)CC1)S(=O)(=O)NC(=O)c1ccc2c(c1)N(C[C@@H]1CC[C@H]1[C@@H](O)/C=C/CCC)C[C@@]1(CCCc3cc(Cl)ccc31)CO2. The van der Waals surface area contributed by atoms with Crippen molar-refractivity contribution >= 4 is 45.1 Å². The summed E-state index contributed by atoms with van der Waals surface area (Å²) in [5, 5.41) is 10.3. The number of fused-ring (bicyclic) bond motifs is 3. The predicted octanol–water partition coefficient (Wildman–Crippen LogP) is 6.36. The van der Waals surface area contributed by atoms with Crippen LogP contribution in [0.2, 0.25) is 5.02 Å². The van der Waals surface area contributed by atoms with Gasteiger partial charge in [-0.1, -0.05) is 49.2 Å². The first-order chi connectivity index (χ1) is 26.9. The molecule has 2 aromatic rings. The molecule has 0 bridgehead atoms. The first-order valence-corrected chi connectivity index (χ1v) is 22.0. The molecule has 11 nitrogen and oxygen atoms in total. The number of carbonyl (C=O) groups excluding carboxylic acids is 3. The van der Waals surface area contributed by atoms with E-state index in [0.717, 1.165) is 44.9 Å². The molecule has 0 aromatic heterocycles. The number of rotatable bonds is 14. The summed E-state index contributed by atoms with van der Waals surface area (Å²) in [6, 6.07) is 11.0. The number of methoxy groups -OCH3 is 1. The third-order valence-electron chi connectivity index (χ3n) is 12.3. The number of amides is 2. The molecule has 2 aliphatic heterocycles. The van der Waals surface area contributed by atoms with Crippen LogP contribution in [0.15, 0.2) is 61.2 Å². The molecule has 5 atom stereocenters.